The molecule has 2 heterocycles. The molecule has 0 saturated carbocycles. The number of benzene rings is 1. The van der Waals surface area contributed by atoms with Crippen LogP contribution in [0.4, 0.5) is 10.5 Å². The molecule has 0 spiro atoms. The molecule has 142 valence electrons. The molecule has 26 heavy (non-hydrogen) atoms. The molecule has 7 nitrogen and oxygen atoms in total. The number of rotatable bonds is 7. The zero-order chi connectivity index (χ0) is 18.9. The van der Waals surface area contributed by atoms with Gasteiger partial charge in [-0.15, -0.1) is 0 Å². The summed E-state index contributed by atoms with van der Waals surface area (Å²) in [4.78, 5) is 13.7. The fourth-order valence-corrected chi connectivity index (χ4v) is 3.07. The first-order chi connectivity index (χ1) is 12.4. The molecule has 0 aromatic heterocycles. The van der Waals surface area contributed by atoms with Gasteiger partial charge in [0.05, 0.1) is 12.3 Å². The van der Waals surface area contributed by atoms with E-state index < -0.39 is 19.3 Å². The number of hydrogen-bond donors (Lipinski definition) is 1. The molecule has 3 rings (SSSR count). The molecule has 0 radical (unpaired) electrons. The van der Waals surface area contributed by atoms with Crippen molar-refractivity contribution in [3.05, 3.63) is 18.2 Å². The predicted octanol–water partition coefficient (Wildman–Crippen LogP) is 1.70. The van der Waals surface area contributed by atoms with Gasteiger partial charge in [-0.2, -0.15) is 0 Å². The molecule has 1 amide bonds. The van der Waals surface area contributed by atoms with Gasteiger partial charge in [-0.25, -0.2) is 4.79 Å². The van der Waals surface area contributed by atoms with Gasteiger partial charge in [-0.1, -0.05) is 13.0 Å². The van der Waals surface area contributed by atoms with E-state index in [1.54, 1.807) is 4.90 Å². The van der Waals surface area contributed by atoms with Crippen LogP contribution in [0.5, 0.6) is 5.75 Å². The number of amides is 1. The number of aliphatic hydroxyl groups excluding tert-OH is 1. The number of aliphatic hydroxyl groups is 1. The summed E-state index contributed by atoms with van der Waals surface area (Å²) in [5, 5.41) is 9.39. The quantitative estimate of drug-likeness (QED) is 0.743. The van der Waals surface area contributed by atoms with E-state index in [9.17, 15) is 9.90 Å². The number of carbonyl (C=O) groups is 1. The summed E-state index contributed by atoms with van der Waals surface area (Å²) in [6, 6.07) is 5.21. The molecular formula is C18H26BNO6. The Morgan fingerprint density at radius 1 is 1.38 bits per heavy atom. The Labute approximate surface area is 154 Å². The summed E-state index contributed by atoms with van der Waals surface area (Å²) in [7, 11) is -0.516. The summed E-state index contributed by atoms with van der Waals surface area (Å²) >= 11 is 0. The zero-order valence-electron chi connectivity index (χ0n) is 15.7. The van der Waals surface area contributed by atoms with Crippen molar-refractivity contribution in [2.45, 2.75) is 51.9 Å². The van der Waals surface area contributed by atoms with E-state index in [2.05, 4.69) is 6.92 Å². The van der Waals surface area contributed by atoms with E-state index in [1.165, 1.54) is 0 Å². The third-order valence-electron chi connectivity index (χ3n) is 4.91. The lowest BCUT2D eigenvalue weighted by molar-refractivity contribution is 0.0703. The first kappa shape index (κ1) is 19.0. The predicted molar refractivity (Wildman–Crippen MR) is 98.0 cm³/mol. The summed E-state index contributed by atoms with van der Waals surface area (Å²) in [5.41, 5.74) is 1.14. The van der Waals surface area contributed by atoms with E-state index in [1.807, 2.05) is 39.0 Å². The van der Waals surface area contributed by atoms with Gasteiger partial charge >= 0.3 is 13.2 Å². The molecule has 1 saturated heterocycles. The van der Waals surface area contributed by atoms with Gasteiger partial charge < -0.3 is 23.9 Å². The Kier molecular flexibility index (Phi) is 5.46. The van der Waals surface area contributed by atoms with Crippen molar-refractivity contribution in [3.8, 4) is 5.75 Å². The minimum Gasteiger partial charge on any atom is -0.489 e. The standard InChI is InChI=1S/C18H26BNO6/c1-5-18(3,4)26-19(24-6-2)12-7-8-13-15(9-12)23-11-14-16(10-21)25-17(22)20(13)14/h7-9,14,16,21H,5-6,10-11H2,1-4H3/t14-,16-/m0/s1. The molecule has 8 heteroatoms. The normalized spacial score (nSPS) is 21.7. The topological polar surface area (TPSA) is 77.5 Å². The fourth-order valence-electron chi connectivity index (χ4n) is 3.07. The van der Waals surface area contributed by atoms with Crippen LogP contribution < -0.4 is 15.1 Å². The summed E-state index contributed by atoms with van der Waals surface area (Å²) < 4.78 is 23.0. The first-order valence-corrected chi connectivity index (χ1v) is 9.07. The molecule has 0 aliphatic carbocycles. The van der Waals surface area contributed by atoms with Crippen LogP contribution in [-0.2, 0) is 14.0 Å². The molecule has 2 aliphatic rings. The Morgan fingerprint density at radius 2 is 2.15 bits per heavy atom. The second kappa shape index (κ2) is 7.46. The molecule has 0 unspecified atom stereocenters. The van der Waals surface area contributed by atoms with Crippen molar-refractivity contribution in [2.24, 2.45) is 0 Å². The van der Waals surface area contributed by atoms with Gasteiger partial charge in [0.15, 0.2) is 6.10 Å². The van der Waals surface area contributed by atoms with Crippen molar-refractivity contribution in [3.63, 3.8) is 0 Å². The largest absolute Gasteiger partial charge is 0.494 e. The second-order valence-corrected chi connectivity index (χ2v) is 7.10. The fraction of sp³-hybridized carbons (Fsp3) is 0.611. The smallest absolute Gasteiger partial charge is 0.489 e. The van der Waals surface area contributed by atoms with Crippen LogP contribution in [0.3, 0.4) is 0 Å². The monoisotopic (exact) mass is 363 g/mol. The molecule has 2 atom stereocenters. The average molecular weight is 363 g/mol. The van der Waals surface area contributed by atoms with Crippen molar-refractivity contribution >= 4 is 24.4 Å². The lowest BCUT2D eigenvalue weighted by atomic mass is 9.77. The molecular weight excluding hydrogens is 337 g/mol. The van der Waals surface area contributed by atoms with Crippen LogP contribution in [0.15, 0.2) is 18.2 Å². The van der Waals surface area contributed by atoms with Gasteiger partial charge in [-0.05, 0) is 44.8 Å². The van der Waals surface area contributed by atoms with Gasteiger partial charge in [0, 0.05) is 12.2 Å². The first-order valence-electron chi connectivity index (χ1n) is 9.07. The van der Waals surface area contributed by atoms with E-state index in [0.29, 0.717) is 18.0 Å². The number of cyclic esters (lactones) is 1. The number of hydrogen-bond acceptors (Lipinski definition) is 6. The van der Waals surface area contributed by atoms with Gasteiger partial charge in [0.1, 0.15) is 18.4 Å². The summed E-state index contributed by atoms with van der Waals surface area (Å²) in [6.07, 6.45) is -0.182. The maximum Gasteiger partial charge on any atom is 0.494 e. The highest BCUT2D eigenvalue weighted by Crippen LogP contribution is 2.38. The van der Waals surface area contributed by atoms with E-state index >= 15 is 0 Å². The third-order valence-corrected chi connectivity index (χ3v) is 4.91. The van der Waals surface area contributed by atoms with Gasteiger partial charge in [-0.3, -0.25) is 4.90 Å². The second-order valence-electron chi connectivity index (χ2n) is 7.10. The minimum absolute atomic E-state index is 0.226. The number of ether oxygens (including phenoxy) is 2. The van der Waals surface area contributed by atoms with E-state index in [-0.39, 0.29) is 24.9 Å². The minimum atomic E-state index is -0.569. The van der Waals surface area contributed by atoms with Crippen molar-refractivity contribution in [1.29, 1.82) is 0 Å². The Morgan fingerprint density at radius 3 is 2.81 bits per heavy atom. The van der Waals surface area contributed by atoms with Gasteiger partial charge in [0.2, 0.25) is 0 Å². The maximum atomic E-state index is 12.2. The molecule has 1 aromatic rings. The number of fused-ring (bicyclic) bond motifs is 3. The molecule has 1 fully saturated rings. The molecule has 1 aromatic carbocycles. The van der Waals surface area contributed by atoms with Crippen LogP contribution >= 0.6 is 0 Å². The Hall–Kier alpha value is -1.77. The summed E-state index contributed by atoms with van der Waals surface area (Å²) in [5.74, 6) is 0.580. The number of carbonyl (C=O) groups excluding carboxylic acids is 1. The highest BCUT2D eigenvalue weighted by molar-refractivity contribution is 6.61. The highest BCUT2D eigenvalue weighted by Gasteiger charge is 2.46. The van der Waals surface area contributed by atoms with Crippen molar-refractivity contribution in [2.75, 3.05) is 24.7 Å². The van der Waals surface area contributed by atoms with Crippen molar-refractivity contribution in [1.82, 2.24) is 0 Å². The van der Waals surface area contributed by atoms with E-state index in [4.69, 9.17) is 18.8 Å². The molecule has 0 bridgehead atoms. The van der Waals surface area contributed by atoms with Crippen LogP contribution in [0.25, 0.3) is 0 Å². The Bertz CT molecular complexity index is 667. The van der Waals surface area contributed by atoms with Crippen LogP contribution in [0, 0.1) is 0 Å². The van der Waals surface area contributed by atoms with Gasteiger partial charge in [0.25, 0.3) is 0 Å². The van der Waals surface area contributed by atoms with Crippen LogP contribution in [0.1, 0.15) is 34.1 Å². The third kappa shape index (κ3) is 3.54. The highest BCUT2D eigenvalue weighted by atomic mass is 16.6. The Balaban J connectivity index is 1.88. The zero-order valence-corrected chi connectivity index (χ0v) is 15.7. The maximum absolute atomic E-state index is 12.2. The molecule has 2 aliphatic heterocycles. The number of nitrogens with zero attached hydrogens (tertiary/aromatic N) is 1. The lowest BCUT2D eigenvalue weighted by Crippen LogP contribution is -2.47. The summed E-state index contributed by atoms with van der Waals surface area (Å²) in [6.45, 7) is 8.59. The average Bonchev–Trinajstić information content (AvgIpc) is 2.97. The lowest BCUT2D eigenvalue weighted by Gasteiger charge is -2.32. The molecule has 1 N–H and O–H groups in total. The SMILES string of the molecule is CCOB(OC(C)(C)CC)c1ccc2c(c1)OC[C@H]1[C@H](CO)OC(=O)N21. The van der Waals surface area contributed by atoms with Crippen LogP contribution in [0.2, 0.25) is 0 Å². The van der Waals surface area contributed by atoms with Crippen LogP contribution in [-0.4, -0.2) is 55.9 Å². The van der Waals surface area contributed by atoms with Crippen molar-refractivity contribution < 1.29 is 28.7 Å². The number of anilines is 1. The van der Waals surface area contributed by atoms with E-state index in [0.717, 1.165) is 11.9 Å².